The fourth-order valence-electron chi connectivity index (χ4n) is 5.88. The smallest absolute Gasteiger partial charge is 0.270 e. The summed E-state index contributed by atoms with van der Waals surface area (Å²) in [5.74, 6) is 0.770. The van der Waals surface area contributed by atoms with Gasteiger partial charge in [0, 0.05) is 42.6 Å². The topological polar surface area (TPSA) is 98.5 Å². The SMILES string of the molecule is CC1(C)[C@H](NC(=O)c2ccc(N3CCC(CO)CC3)cn2)C(C)(C)[C@H]1Oc1ccc(C#N)c(Cl)c1. The molecule has 0 spiro atoms. The molecule has 1 aromatic carbocycles. The van der Waals surface area contributed by atoms with Crippen molar-refractivity contribution >= 4 is 23.2 Å². The van der Waals surface area contributed by atoms with Gasteiger partial charge in [-0.2, -0.15) is 5.26 Å². The predicted octanol–water partition coefficient (Wildman–Crippen LogP) is 4.43. The first-order chi connectivity index (χ1) is 16.6. The van der Waals surface area contributed by atoms with Gasteiger partial charge < -0.3 is 20.1 Å². The molecule has 2 heterocycles. The Morgan fingerprint density at radius 2 is 1.91 bits per heavy atom. The molecule has 1 aliphatic carbocycles. The zero-order valence-electron chi connectivity index (χ0n) is 20.7. The molecule has 0 radical (unpaired) electrons. The number of ether oxygens (including phenoxy) is 1. The number of rotatable bonds is 6. The van der Waals surface area contributed by atoms with Gasteiger partial charge in [0.1, 0.15) is 23.6 Å². The second-order valence-corrected chi connectivity index (χ2v) is 11.2. The summed E-state index contributed by atoms with van der Waals surface area (Å²) in [6.07, 6.45) is 3.51. The van der Waals surface area contributed by atoms with E-state index in [1.807, 2.05) is 6.07 Å². The zero-order chi connectivity index (χ0) is 25.4. The molecule has 2 aliphatic rings. The van der Waals surface area contributed by atoms with Crippen molar-refractivity contribution in [3.05, 3.63) is 52.8 Å². The summed E-state index contributed by atoms with van der Waals surface area (Å²) in [6.45, 7) is 10.3. The number of carbonyl (C=O) groups excluding carboxylic acids is 1. The monoisotopic (exact) mass is 496 g/mol. The lowest BCUT2D eigenvalue weighted by Gasteiger charge is -2.63. The van der Waals surface area contributed by atoms with E-state index in [1.54, 1.807) is 30.5 Å². The van der Waals surface area contributed by atoms with E-state index < -0.39 is 0 Å². The maximum Gasteiger partial charge on any atom is 0.270 e. The number of nitrogens with zero attached hydrogens (tertiary/aromatic N) is 3. The van der Waals surface area contributed by atoms with Gasteiger partial charge in [-0.15, -0.1) is 0 Å². The number of hydrogen-bond donors (Lipinski definition) is 2. The van der Waals surface area contributed by atoms with Crippen molar-refractivity contribution in [2.75, 3.05) is 24.6 Å². The van der Waals surface area contributed by atoms with Gasteiger partial charge in [-0.1, -0.05) is 39.3 Å². The van der Waals surface area contributed by atoms with Crippen LogP contribution < -0.4 is 15.0 Å². The number of hydrogen-bond acceptors (Lipinski definition) is 6. The molecular formula is C27H33ClN4O3. The molecule has 0 atom stereocenters. The van der Waals surface area contributed by atoms with Crippen molar-refractivity contribution in [2.24, 2.45) is 16.7 Å². The standard InChI is InChI=1S/C27H33ClN4O3/c1-26(2)24(27(3,4)25(26)35-20-7-5-18(14-29)21(28)13-20)31-23(34)22-8-6-19(15-30-22)32-11-9-17(16-33)10-12-32/h5-8,13,15,17,24-25,33H,9-12,16H2,1-4H3,(H,31,34)/t24-,25-. The number of aromatic nitrogens is 1. The first-order valence-electron chi connectivity index (χ1n) is 12.1. The molecular weight excluding hydrogens is 464 g/mol. The van der Waals surface area contributed by atoms with E-state index in [1.165, 1.54) is 0 Å². The van der Waals surface area contributed by atoms with Crippen LogP contribution in [0, 0.1) is 28.1 Å². The number of nitriles is 1. The third kappa shape index (κ3) is 4.82. The predicted molar refractivity (Wildman–Crippen MR) is 136 cm³/mol. The molecule has 4 rings (SSSR count). The largest absolute Gasteiger partial charge is 0.489 e. The van der Waals surface area contributed by atoms with Gasteiger partial charge in [-0.3, -0.25) is 4.79 Å². The maximum absolute atomic E-state index is 13.1. The molecule has 7 nitrogen and oxygen atoms in total. The molecule has 8 heteroatoms. The highest BCUT2D eigenvalue weighted by molar-refractivity contribution is 6.31. The Kier molecular flexibility index (Phi) is 6.99. The molecule has 1 saturated carbocycles. The number of nitrogens with one attached hydrogen (secondary N) is 1. The lowest BCUT2D eigenvalue weighted by atomic mass is 9.49. The molecule has 1 amide bonds. The van der Waals surface area contributed by atoms with Crippen LogP contribution in [0.25, 0.3) is 0 Å². The van der Waals surface area contributed by atoms with Crippen LogP contribution in [-0.2, 0) is 0 Å². The lowest BCUT2D eigenvalue weighted by Crippen LogP contribution is -2.74. The highest BCUT2D eigenvalue weighted by Gasteiger charge is 2.64. The number of aliphatic hydroxyl groups is 1. The number of aliphatic hydroxyl groups excluding tert-OH is 1. The van der Waals surface area contributed by atoms with Gasteiger partial charge in [0.05, 0.1) is 22.5 Å². The van der Waals surface area contributed by atoms with Gasteiger partial charge in [-0.25, -0.2) is 4.98 Å². The van der Waals surface area contributed by atoms with Crippen LogP contribution in [0.4, 0.5) is 5.69 Å². The Balaban J connectivity index is 1.40. The second-order valence-electron chi connectivity index (χ2n) is 10.8. The molecule has 0 unspecified atom stereocenters. The average molecular weight is 497 g/mol. The fourth-order valence-corrected chi connectivity index (χ4v) is 6.09. The number of halogens is 1. The number of anilines is 1. The molecule has 0 bridgehead atoms. The summed E-state index contributed by atoms with van der Waals surface area (Å²) in [5, 5.41) is 22.0. The molecule has 2 aromatic rings. The summed E-state index contributed by atoms with van der Waals surface area (Å²) < 4.78 is 6.30. The van der Waals surface area contributed by atoms with Crippen molar-refractivity contribution in [2.45, 2.75) is 52.7 Å². The number of benzene rings is 1. The summed E-state index contributed by atoms with van der Waals surface area (Å²) in [4.78, 5) is 19.8. The Hall–Kier alpha value is -2.82. The number of piperidine rings is 1. The van der Waals surface area contributed by atoms with Crippen molar-refractivity contribution in [3.8, 4) is 11.8 Å². The summed E-state index contributed by atoms with van der Waals surface area (Å²) in [6, 6.07) is 10.7. The highest BCUT2D eigenvalue weighted by Crippen LogP contribution is 2.55. The molecule has 186 valence electrons. The zero-order valence-corrected chi connectivity index (χ0v) is 21.5. The van der Waals surface area contributed by atoms with Gasteiger partial charge >= 0.3 is 0 Å². The van der Waals surface area contributed by atoms with Gasteiger partial charge in [0.25, 0.3) is 5.91 Å². The summed E-state index contributed by atoms with van der Waals surface area (Å²) in [5.41, 5.74) is 1.11. The maximum atomic E-state index is 13.1. The molecule has 1 aliphatic heterocycles. The summed E-state index contributed by atoms with van der Waals surface area (Å²) in [7, 11) is 0. The second kappa shape index (κ2) is 9.67. The van der Waals surface area contributed by atoms with Crippen molar-refractivity contribution in [1.29, 1.82) is 5.26 Å². The summed E-state index contributed by atoms with van der Waals surface area (Å²) >= 11 is 6.18. The van der Waals surface area contributed by atoms with E-state index in [4.69, 9.17) is 21.6 Å². The van der Waals surface area contributed by atoms with Gasteiger partial charge in [0.2, 0.25) is 0 Å². The first-order valence-corrected chi connectivity index (χ1v) is 12.4. The van der Waals surface area contributed by atoms with Crippen LogP contribution in [-0.4, -0.2) is 47.8 Å². The molecule has 2 fully saturated rings. The van der Waals surface area contributed by atoms with Crippen molar-refractivity contribution in [3.63, 3.8) is 0 Å². The quantitative estimate of drug-likeness (QED) is 0.614. The third-order valence-electron chi connectivity index (χ3n) is 7.65. The fraction of sp³-hybridized carbons (Fsp3) is 0.519. The van der Waals surface area contributed by atoms with E-state index in [0.717, 1.165) is 31.6 Å². The minimum absolute atomic E-state index is 0.125. The molecule has 35 heavy (non-hydrogen) atoms. The Morgan fingerprint density at radius 3 is 2.46 bits per heavy atom. The van der Waals surface area contributed by atoms with E-state index in [0.29, 0.717) is 27.9 Å². The average Bonchev–Trinajstić information content (AvgIpc) is 2.85. The van der Waals surface area contributed by atoms with Crippen LogP contribution >= 0.6 is 11.6 Å². The minimum atomic E-state index is -0.337. The Morgan fingerprint density at radius 1 is 1.23 bits per heavy atom. The van der Waals surface area contributed by atoms with Crippen molar-refractivity contribution in [1.82, 2.24) is 10.3 Å². The lowest BCUT2D eigenvalue weighted by molar-refractivity contribution is -0.164. The van der Waals surface area contributed by atoms with Crippen molar-refractivity contribution < 1.29 is 14.6 Å². The van der Waals surface area contributed by atoms with Gasteiger partial charge in [-0.05, 0) is 43.0 Å². The molecule has 1 aromatic heterocycles. The highest BCUT2D eigenvalue weighted by atomic mass is 35.5. The minimum Gasteiger partial charge on any atom is -0.489 e. The van der Waals surface area contributed by atoms with Crippen LogP contribution in [0.1, 0.15) is 56.6 Å². The van der Waals surface area contributed by atoms with E-state index in [9.17, 15) is 9.90 Å². The third-order valence-corrected chi connectivity index (χ3v) is 7.96. The normalized spacial score (nSPS) is 23.2. The van der Waals surface area contributed by atoms with E-state index in [2.05, 4.69) is 49.0 Å². The molecule has 1 saturated heterocycles. The molecule has 2 N–H and O–H groups in total. The Labute approximate surface area is 212 Å². The first kappa shape index (κ1) is 25.3. The van der Waals surface area contributed by atoms with Crippen LogP contribution in [0.2, 0.25) is 5.02 Å². The van der Waals surface area contributed by atoms with E-state index >= 15 is 0 Å². The number of pyridine rings is 1. The van der Waals surface area contributed by atoms with E-state index in [-0.39, 0.29) is 35.5 Å². The van der Waals surface area contributed by atoms with Crippen LogP contribution in [0.15, 0.2) is 36.5 Å². The van der Waals surface area contributed by atoms with Gasteiger partial charge in [0.15, 0.2) is 0 Å². The Bertz CT molecular complexity index is 1100. The van der Waals surface area contributed by atoms with Crippen LogP contribution in [0.5, 0.6) is 5.75 Å². The number of amides is 1. The number of carbonyl (C=O) groups is 1. The van der Waals surface area contributed by atoms with Crippen LogP contribution in [0.3, 0.4) is 0 Å².